The van der Waals surface area contributed by atoms with Gasteiger partial charge >= 0.3 is 0 Å². The van der Waals surface area contributed by atoms with Crippen LogP contribution >= 0.6 is 11.3 Å². The lowest BCUT2D eigenvalue weighted by molar-refractivity contribution is 0.321. The lowest BCUT2D eigenvalue weighted by atomic mass is 10.1. The minimum absolute atomic E-state index is 0.612. The lowest BCUT2D eigenvalue weighted by Crippen LogP contribution is -2.15. The fourth-order valence-electron chi connectivity index (χ4n) is 2.94. The monoisotopic (exact) mass is 361 g/mol. The van der Waals surface area contributed by atoms with Crippen LogP contribution in [0.3, 0.4) is 0 Å². The van der Waals surface area contributed by atoms with Gasteiger partial charge in [0.05, 0.1) is 32.7 Å². The quantitative estimate of drug-likeness (QED) is 0.699. The van der Waals surface area contributed by atoms with E-state index in [2.05, 4.69) is 27.8 Å². The van der Waals surface area contributed by atoms with E-state index in [9.17, 15) is 0 Å². The van der Waals surface area contributed by atoms with Crippen LogP contribution in [-0.2, 0) is 13.1 Å². The number of hydrogen-bond acceptors (Lipinski definition) is 6. The van der Waals surface area contributed by atoms with Crippen molar-refractivity contribution in [1.82, 2.24) is 14.7 Å². The number of aryl methyl sites for hydroxylation is 2. The summed E-state index contributed by atoms with van der Waals surface area (Å²) in [6.07, 6.45) is 2.13. The van der Waals surface area contributed by atoms with E-state index < -0.39 is 0 Å². The normalized spacial score (nSPS) is 11.1. The van der Waals surface area contributed by atoms with Gasteiger partial charge in [0.1, 0.15) is 0 Å². The van der Waals surface area contributed by atoms with Gasteiger partial charge in [0, 0.05) is 29.7 Å². The summed E-state index contributed by atoms with van der Waals surface area (Å²) in [5.74, 6) is 1.96. The van der Waals surface area contributed by atoms with Crippen LogP contribution in [0.25, 0.3) is 4.96 Å². The number of methoxy groups -OCH3 is 3. The first-order chi connectivity index (χ1) is 12.1. The standard InChI is InChI=1S/C18H23N3O3S/c1-11-10-21-14(12(2)20-18(21)25-11)9-19-8-13-6-7-15(22-3)17(24-5)16(13)23-4/h6-7,10,19H,8-9H2,1-5H3. The van der Waals surface area contributed by atoms with Crippen molar-refractivity contribution in [3.8, 4) is 17.2 Å². The molecule has 0 aliphatic heterocycles. The maximum absolute atomic E-state index is 5.53. The Morgan fingerprint density at radius 2 is 1.80 bits per heavy atom. The third kappa shape index (κ3) is 3.29. The summed E-state index contributed by atoms with van der Waals surface area (Å²) >= 11 is 1.71. The average Bonchev–Trinajstić information content (AvgIpc) is 3.09. The Kier molecular flexibility index (Phi) is 5.15. The molecular weight excluding hydrogens is 338 g/mol. The van der Waals surface area contributed by atoms with E-state index in [0.717, 1.165) is 22.8 Å². The van der Waals surface area contributed by atoms with E-state index in [1.54, 1.807) is 32.7 Å². The predicted molar refractivity (Wildman–Crippen MR) is 99.2 cm³/mol. The molecule has 7 heteroatoms. The number of nitrogens with zero attached hydrogens (tertiary/aromatic N) is 2. The van der Waals surface area contributed by atoms with Crippen molar-refractivity contribution in [2.24, 2.45) is 0 Å². The lowest BCUT2D eigenvalue weighted by Gasteiger charge is -2.16. The molecule has 3 aromatic rings. The molecule has 2 aromatic heterocycles. The first-order valence-electron chi connectivity index (χ1n) is 8.01. The van der Waals surface area contributed by atoms with Crippen LogP contribution < -0.4 is 19.5 Å². The molecule has 25 heavy (non-hydrogen) atoms. The molecule has 0 spiro atoms. The Morgan fingerprint density at radius 3 is 2.48 bits per heavy atom. The number of hydrogen-bond donors (Lipinski definition) is 1. The minimum Gasteiger partial charge on any atom is -0.493 e. The molecule has 0 amide bonds. The molecule has 6 nitrogen and oxygen atoms in total. The summed E-state index contributed by atoms with van der Waals surface area (Å²) in [4.78, 5) is 6.92. The Balaban J connectivity index is 1.78. The second-order valence-corrected chi connectivity index (χ2v) is 6.95. The summed E-state index contributed by atoms with van der Waals surface area (Å²) in [6.45, 7) is 5.52. The molecule has 0 aliphatic carbocycles. The molecule has 0 atom stereocenters. The molecule has 134 valence electrons. The summed E-state index contributed by atoms with van der Waals surface area (Å²) < 4.78 is 18.5. The van der Waals surface area contributed by atoms with Crippen LogP contribution in [0.15, 0.2) is 18.3 Å². The van der Waals surface area contributed by atoms with Gasteiger partial charge in [0.15, 0.2) is 16.5 Å². The second-order valence-electron chi connectivity index (χ2n) is 5.74. The molecule has 0 aliphatic rings. The highest BCUT2D eigenvalue weighted by atomic mass is 32.1. The molecule has 0 bridgehead atoms. The first kappa shape index (κ1) is 17.6. The fraction of sp³-hybridized carbons (Fsp3) is 0.389. The summed E-state index contributed by atoms with van der Waals surface area (Å²) in [7, 11) is 4.87. The maximum Gasteiger partial charge on any atom is 0.203 e. The smallest absolute Gasteiger partial charge is 0.203 e. The zero-order valence-electron chi connectivity index (χ0n) is 15.2. The van der Waals surface area contributed by atoms with Crippen molar-refractivity contribution in [2.75, 3.05) is 21.3 Å². The third-order valence-electron chi connectivity index (χ3n) is 4.13. The van der Waals surface area contributed by atoms with Gasteiger partial charge in [-0.2, -0.15) is 0 Å². The molecular formula is C18H23N3O3S. The van der Waals surface area contributed by atoms with Crippen LogP contribution in [0.4, 0.5) is 0 Å². The van der Waals surface area contributed by atoms with Crippen molar-refractivity contribution < 1.29 is 14.2 Å². The van der Waals surface area contributed by atoms with Gasteiger partial charge in [0.25, 0.3) is 0 Å². The Bertz CT molecular complexity index is 885. The molecule has 3 rings (SSSR count). The molecule has 0 radical (unpaired) electrons. The van der Waals surface area contributed by atoms with Gasteiger partial charge in [-0.3, -0.25) is 4.40 Å². The highest BCUT2D eigenvalue weighted by molar-refractivity contribution is 7.17. The van der Waals surface area contributed by atoms with Crippen molar-refractivity contribution in [1.29, 1.82) is 0 Å². The van der Waals surface area contributed by atoms with E-state index in [0.29, 0.717) is 23.8 Å². The zero-order chi connectivity index (χ0) is 18.0. The zero-order valence-corrected chi connectivity index (χ0v) is 16.0. The number of thiazole rings is 1. The van der Waals surface area contributed by atoms with Gasteiger partial charge in [0.2, 0.25) is 5.75 Å². The van der Waals surface area contributed by atoms with Gasteiger partial charge in [-0.25, -0.2) is 4.98 Å². The number of fused-ring (bicyclic) bond motifs is 1. The molecule has 1 aromatic carbocycles. The van der Waals surface area contributed by atoms with Crippen molar-refractivity contribution >= 4 is 16.3 Å². The molecule has 0 fully saturated rings. The van der Waals surface area contributed by atoms with Crippen LogP contribution in [0.1, 0.15) is 21.8 Å². The Labute approximate surface area is 151 Å². The number of nitrogens with one attached hydrogen (secondary N) is 1. The van der Waals surface area contributed by atoms with Gasteiger partial charge in [-0.15, -0.1) is 11.3 Å². The highest BCUT2D eigenvalue weighted by Gasteiger charge is 2.16. The topological polar surface area (TPSA) is 57.0 Å². The number of aromatic nitrogens is 2. The molecule has 0 unspecified atom stereocenters. The molecule has 1 N–H and O–H groups in total. The maximum atomic E-state index is 5.53. The highest BCUT2D eigenvalue weighted by Crippen LogP contribution is 2.39. The Hall–Kier alpha value is -2.25. The van der Waals surface area contributed by atoms with E-state index >= 15 is 0 Å². The summed E-state index contributed by atoms with van der Waals surface area (Å²) in [6, 6.07) is 3.88. The minimum atomic E-state index is 0.612. The van der Waals surface area contributed by atoms with Gasteiger partial charge < -0.3 is 19.5 Å². The van der Waals surface area contributed by atoms with E-state index in [1.165, 1.54) is 10.6 Å². The van der Waals surface area contributed by atoms with Crippen LogP contribution in [0.2, 0.25) is 0 Å². The largest absolute Gasteiger partial charge is 0.493 e. The van der Waals surface area contributed by atoms with E-state index in [4.69, 9.17) is 14.2 Å². The average molecular weight is 361 g/mol. The molecule has 0 saturated carbocycles. The fourth-order valence-corrected chi connectivity index (χ4v) is 3.83. The SMILES string of the molecule is COc1ccc(CNCc2c(C)nc3sc(C)cn23)c(OC)c1OC. The summed E-state index contributed by atoms with van der Waals surface area (Å²) in [5.41, 5.74) is 3.25. The number of imidazole rings is 1. The van der Waals surface area contributed by atoms with Crippen molar-refractivity contribution in [3.63, 3.8) is 0 Å². The van der Waals surface area contributed by atoms with Crippen LogP contribution in [-0.4, -0.2) is 30.7 Å². The second kappa shape index (κ2) is 7.33. The summed E-state index contributed by atoms with van der Waals surface area (Å²) in [5, 5.41) is 3.48. The number of rotatable bonds is 7. The molecule has 2 heterocycles. The van der Waals surface area contributed by atoms with E-state index in [-0.39, 0.29) is 0 Å². The van der Waals surface area contributed by atoms with Crippen molar-refractivity contribution in [2.45, 2.75) is 26.9 Å². The number of benzene rings is 1. The molecule has 0 saturated heterocycles. The van der Waals surface area contributed by atoms with E-state index in [1.807, 2.05) is 19.1 Å². The number of ether oxygens (including phenoxy) is 3. The predicted octanol–water partition coefficient (Wildman–Crippen LogP) is 3.33. The first-order valence-corrected chi connectivity index (χ1v) is 8.83. The van der Waals surface area contributed by atoms with Gasteiger partial charge in [-0.05, 0) is 19.9 Å². The van der Waals surface area contributed by atoms with Crippen LogP contribution in [0, 0.1) is 13.8 Å². The van der Waals surface area contributed by atoms with Crippen molar-refractivity contribution in [3.05, 3.63) is 40.2 Å². The third-order valence-corrected chi connectivity index (χ3v) is 5.03. The van der Waals surface area contributed by atoms with Crippen LogP contribution in [0.5, 0.6) is 17.2 Å². The Morgan fingerprint density at radius 1 is 1.04 bits per heavy atom. The van der Waals surface area contributed by atoms with Gasteiger partial charge in [-0.1, -0.05) is 6.07 Å².